The van der Waals surface area contributed by atoms with Crippen LogP contribution in [0.2, 0.25) is 0 Å². The van der Waals surface area contributed by atoms with Crippen LogP contribution in [-0.4, -0.2) is 27.8 Å². The molecule has 0 aliphatic rings. The molecule has 33 heavy (non-hydrogen) atoms. The maximum Gasteiger partial charge on any atom is 0.208 e. The van der Waals surface area contributed by atoms with E-state index in [1.165, 1.54) is 6.07 Å². The molecule has 0 heterocycles. The van der Waals surface area contributed by atoms with Gasteiger partial charge in [-0.3, -0.25) is 0 Å². The first-order valence-electron chi connectivity index (χ1n) is 10.8. The van der Waals surface area contributed by atoms with Crippen molar-refractivity contribution in [2.24, 2.45) is 0 Å². The summed E-state index contributed by atoms with van der Waals surface area (Å²) in [5, 5.41) is 3.07. The number of anilines is 1. The highest BCUT2D eigenvalue weighted by Gasteiger charge is 2.12. The molecule has 0 atom stereocenters. The van der Waals surface area contributed by atoms with Gasteiger partial charge in [0.2, 0.25) is 10.0 Å². The zero-order valence-corrected chi connectivity index (χ0v) is 19.6. The van der Waals surface area contributed by atoms with Crippen LogP contribution in [0.25, 0.3) is 0 Å². The predicted molar refractivity (Wildman–Crippen MR) is 129 cm³/mol. The third-order valence-electron chi connectivity index (χ3n) is 4.85. The summed E-state index contributed by atoms with van der Waals surface area (Å²) in [6, 6.07) is 20.1. The number of halogens is 1. The number of hydrogen-bond donors (Lipinski definition) is 2. The highest BCUT2D eigenvalue weighted by atomic mass is 32.2. The second-order valence-corrected chi connectivity index (χ2v) is 9.44. The quantitative estimate of drug-likeness (QED) is 0.358. The summed E-state index contributed by atoms with van der Waals surface area (Å²) in [6.07, 6.45) is 2.53. The molecule has 0 radical (unpaired) electrons. The first-order valence-corrected chi connectivity index (χ1v) is 12.7. The molecule has 0 fully saturated rings. The van der Waals surface area contributed by atoms with Crippen LogP contribution in [0.4, 0.5) is 10.1 Å². The highest BCUT2D eigenvalue weighted by Crippen LogP contribution is 2.35. The molecular formula is C25H29FN2O4S. The maximum atomic E-state index is 14.7. The second kappa shape index (κ2) is 11.7. The smallest absolute Gasteiger partial charge is 0.208 e. The molecule has 3 aromatic carbocycles. The summed E-state index contributed by atoms with van der Waals surface area (Å²) >= 11 is 0. The van der Waals surface area contributed by atoms with Crippen molar-refractivity contribution in [1.29, 1.82) is 0 Å². The van der Waals surface area contributed by atoms with Gasteiger partial charge in [-0.1, -0.05) is 43.3 Å². The van der Waals surface area contributed by atoms with Crippen molar-refractivity contribution >= 4 is 15.7 Å². The SMILES string of the molecule is CCc1ccc(Oc2ccc(NCCCNS(C)(=O)=O)cc2F)c(OCc2ccccc2)c1. The molecule has 0 aromatic heterocycles. The van der Waals surface area contributed by atoms with E-state index >= 15 is 0 Å². The van der Waals surface area contributed by atoms with Crippen molar-refractivity contribution in [1.82, 2.24) is 4.72 Å². The number of sulfonamides is 1. The second-order valence-electron chi connectivity index (χ2n) is 7.60. The fraction of sp³-hybridized carbons (Fsp3) is 0.280. The normalized spacial score (nSPS) is 11.2. The van der Waals surface area contributed by atoms with Gasteiger partial charge in [-0.2, -0.15) is 0 Å². The van der Waals surface area contributed by atoms with Gasteiger partial charge in [-0.25, -0.2) is 17.5 Å². The van der Waals surface area contributed by atoms with E-state index < -0.39 is 15.8 Å². The van der Waals surface area contributed by atoms with E-state index in [1.54, 1.807) is 18.2 Å². The lowest BCUT2D eigenvalue weighted by Gasteiger charge is -2.15. The Morgan fingerprint density at radius 1 is 0.879 bits per heavy atom. The Morgan fingerprint density at radius 2 is 1.64 bits per heavy atom. The first kappa shape index (κ1) is 24.5. The molecule has 0 amide bonds. The molecule has 176 valence electrons. The van der Waals surface area contributed by atoms with Crippen molar-refractivity contribution in [3.63, 3.8) is 0 Å². The van der Waals surface area contributed by atoms with Gasteiger partial charge in [0, 0.05) is 24.8 Å². The fourth-order valence-electron chi connectivity index (χ4n) is 3.10. The van der Waals surface area contributed by atoms with Crippen molar-refractivity contribution in [2.75, 3.05) is 24.7 Å². The third kappa shape index (κ3) is 8.07. The standard InChI is InChI=1S/C25H29FN2O4S/c1-3-19-10-12-24(25(16-19)31-18-20-8-5-4-6-9-20)32-23-13-11-21(17-22(23)26)27-14-7-15-28-33(2,29)30/h4-6,8-13,16-17,27-28H,3,7,14-15,18H2,1-2H3. The third-order valence-corrected chi connectivity index (χ3v) is 5.58. The Labute approximate surface area is 194 Å². The van der Waals surface area contributed by atoms with Crippen LogP contribution in [0.5, 0.6) is 17.2 Å². The summed E-state index contributed by atoms with van der Waals surface area (Å²) in [5.41, 5.74) is 2.70. The van der Waals surface area contributed by atoms with Gasteiger partial charge < -0.3 is 14.8 Å². The highest BCUT2D eigenvalue weighted by molar-refractivity contribution is 7.88. The average molecular weight is 473 g/mol. The molecule has 0 saturated heterocycles. The fourth-order valence-corrected chi connectivity index (χ4v) is 3.61. The first-order chi connectivity index (χ1) is 15.8. The van der Waals surface area contributed by atoms with Crippen LogP contribution < -0.4 is 19.5 Å². The van der Waals surface area contributed by atoms with Gasteiger partial charge in [-0.15, -0.1) is 0 Å². The van der Waals surface area contributed by atoms with E-state index in [-0.39, 0.29) is 5.75 Å². The molecule has 0 aliphatic carbocycles. The summed E-state index contributed by atoms with van der Waals surface area (Å²) in [7, 11) is -3.20. The minimum absolute atomic E-state index is 0.0908. The van der Waals surface area contributed by atoms with Crippen molar-refractivity contribution in [3.05, 3.63) is 83.7 Å². The van der Waals surface area contributed by atoms with Crippen molar-refractivity contribution < 1.29 is 22.3 Å². The van der Waals surface area contributed by atoms with Crippen LogP contribution in [-0.2, 0) is 23.1 Å². The Balaban J connectivity index is 1.64. The van der Waals surface area contributed by atoms with Gasteiger partial charge in [0.25, 0.3) is 0 Å². The van der Waals surface area contributed by atoms with E-state index in [1.807, 2.05) is 42.5 Å². The summed E-state index contributed by atoms with van der Waals surface area (Å²) < 4.78 is 51.1. The van der Waals surface area contributed by atoms with Gasteiger partial charge in [0.15, 0.2) is 23.1 Å². The molecule has 0 spiro atoms. The van der Waals surface area contributed by atoms with Gasteiger partial charge >= 0.3 is 0 Å². The molecule has 0 aliphatic heterocycles. The van der Waals surface area contributed by atoms with Gasteiger partial charge in [0.05, 0.1) is 6.26 Å². The number of ether oxygens (including phenoxy) is 2. The minimum atomic E-state index is -3.20. The number of hydrogen-bond acceptors (Lipinski definition) is 5. The van der Waals surface area contributed by atoms with E-state index in [0.29, 0.717) is 43.3 Å². The molecule has 0 unspecified atom stereocenters. The molecular weight excluding hydrogens is 443 g/mol. The lowest BCUT2D eigenvalue weighted by Crippen LogP contribution is -2.24. The molecule has 3 aromatic rings. The summed E-state index contributed by atoms with van der Waals surface area (Å²) in [5.74, 6) is 0.573. The minimum Gasteiger partial charge on any atom is -0.485 e. The molecule has 8 heteroatoms. The Bertz CT molecular complexity index is 1150. The lowest BCUT2D eigenvalue weighted by molar-refractivity contribution is 0.289. The monoisotopic (exact) mass is 472 g/mol. The molecule has 6 nitrogen and oxygen atoms in total. The Hall–Kier alpha value is -3.10. The van der Waals surface area contributed by atoms with Crippen LogP contribution in [0.3, 0.4) is 0 Å². The number of aryl methyl sites for hydroxylation is 1. The van der Waals surface area contributed by atoms with Crippen LogP contribution in [0.1, 0.15) is 24.5 Å². The average Bonchev–Trinajstić information content (AvgIpc) is 2.79. The zero-order valence-electron chi connectivity index (χ0n) is 18.8. The Morgan fingerprint density at radius 3 is 2.33 bits per heavy atom. The van der Waals surface area contributed by atoms with E-state index in [9.17, 15) is 12.8 Å². The summed E-state index contributed by atoms with van der Waals surface area (Å²) in [4.78, 5) is 0. The van der Waals surface area contributed by atoms with E-state index in [4.69, 9.17) is 9.47 Å². The topological polar surface area (TPSA) is 76.7 Å². The van der Waals surface area contributed by atoms with E-state index in [2.05, 4.69) is 17.0 Å². The molecule has 0 bridgehead atoms. The van der Waals surface area contributed by atoms with Crippen molar-refractivity contribution in [2.45, 2.75) is 26.4 Å². The van der Waals surface area contributed by atoms with E-state index in [0.717, 1.165) is 23.8 Å². The number of benzene rings is 3. The maximum absolute atomic E-state index is 14.7. The van der Waals surface area contributed by atoms with Crippen molar-refractivity contribution in [3.8, 4) is 17.2 Å². The molecule has 2 N–H and O–H groups in total. The Kier molecular flexibility index (Phi) is 8.68. The lowest BCUT2D eigenvalue weighted by atomic mass is 10.1. The summed E-state index contributed by atoms with van der Waals surface area (Å²) in [6.45, 7) is 3.25. The van der Waals surface area contributed by atoms with Crippen LogP contribution >= 0.6 is 0 Å². The largest absolute Gasteiger partial charge is 0.485 e. The molecule has 0 saturated carbocycles. The zero-order chi connectivity index (χ0) is 23.7. The van der Waals surface area contributed by atoms with Gasteiger partial charge in [0.1, 0.15) is 6.61 Å². The number of nitrogens with one attached hydrogen (secondary N) is 2. The predicted octanol–water partition coefficient (Wildman–Crippen LogP) is 5.11. The molecule has 3 rings (SSSR count). The van der Waals surface area contributed by atoms with Gasteiger partial charge in [-0.05, 0) is 48.2 Å². The van der Waals surface area contributed by atoms with Crippen LogP contribution in [0, 0.1) is 5.82 Å². The number of rotatable bonds is 12. The van der Waals surface area contributed by atoms with Crippen LogP contribution in [0.15, 0.2) is 66.7 Å².